The van der Waals surface area contributed by atoms with Crippen LogP contribution >= 0.6 is 0 Å². The molecule has 3 rings (SSSR count). The maximum Gasteiger partial charge on any atom is 0.180 e. The van der Waals surface area contributed by atoms with Gasteiger partial charge in [0.1, 0.15) is 11.5 Å². The molecule has 0 spiro atoms. The predicted molar refractivity (Wildman–Crippen MR) is 75.0 cm³/mol. The molecular weight excluding hydrogens is 238 g/mol. The molecule has 2 heterocycles. The van der Waals surface area contributed by atoms with Crippen LogP contribution in [0.3, 0.4) is 0 Å². The molecule has 19 heavy (non-hydrogen) atoms. The topological polar surface area (TPSA) is 55.6 Å². The van der Waals surface area contributed by atoms with Gasteiger partial charge in [-0.1, -0.05) is 6.92 Å². The second kappa shape index (κ2) is 4.99. The highest BCUT2D eigenvalue weighted by molar-refractivity contribution is 5.53. The SMILES string of the molecule is CCCNc1cc(C)nc(-c2cncn2C2CC2)n1. The van der Waals surface area contributed by atoms with Crippen LogP contribution in [0.1, 0.15) is 37.9 Å². The monoisotopic (exact) mass is 257 g/mol. The van der Waals surface area contributed by atoms with Gasteiger partial charge in [-0.15, -0.1) is 0 Å². The summed E-state index contributed by atoms with van der Waals surface area (Å²) in [6, 6.07) is 2.57. The molecule has 0 atom stereocenters. The van der Waals surface area contributed by atoms with Crippen molar-refractivity contribution in [2.24, 2.45) is 0 Å². The molecule has 0 aromatic carbocycles. The van der Waals surface area contributed by atoms with E-state index < -0.39 is 0 Å². The summed E-state index contributed by atoms with van der Waals surface area (Å²) in [5.41, 5.74) is 2.00. The quantitative estimate of drug-likeness (QED) is 0.895. The number of rotatable bonds is 5. The zero-order valence-electron chi connectivity index (χ0n) is 11.4. The Labute approximate surface area is 113 Å². The Bertz CT molecular complexity index is 571. The Kier molecular flexibility index (Phi) is 3.19. The van der Waals surface area contributed by atoms with Crippen molar-refractivity contribution in [2.45, 2.75) is 39.2 Å². The van der Waals surface area contributed by atoms with Gasteiger partial charge in [-0.25, -0.2) is 15.0 Å². The van der Waals surface area contributed by atoms with Crippen LogP contribution in [0, 0.1) is 6.92 Å². The number of aryl methyl sites for hydroxylation is 1. The maximum atomic E-state index is 4.60. The van der Waals surface area contributed by atoms with Gasteiger partial charge in [0, 0.05) is 24.3 Å². The summed E-state index contributed by atoms with van der Waals surface area (Å²) in [6.45, 7) is 5.07. The van der Waals surface area contributed by atoms with Crippen molar-refractivity contribution in [1.82, 2.24) is 19.5 Å². The fourth-order valence-electron chi connectivity index (χ4n) is 2.15. The van der Waals surface area contributed by atoms with Gasteiger partial charge in [-0.3, -0.25) is 0 Å². The van der Waals surface area contributed by atoms with Gasteiger partial charge < -0.3 is 9.88 Å². The van der Waals surface area contributed by atoms with E-state index in [-0.39, 0.29) is 0 Å². The van der Waals surface area contributed by atoms with Gasteiger partial charge in [0.2, 0.25) is 0 Å². The first-order valence-corrected chi connectivity index (χ1v) is 6.89. The van der Waals surface area contributed by atoms with Crippen molar-refractivity contribution in [1.29, 1.82) is 0 Å². The third-order valence-electron chi connectivity index (χ3n) is 3.25. The standard InChI is InChI=1S/C14H19N5/c1-3-6-16-13-7-10(2)17-14(18-13)12-8-15-9-19(12)11-4-5-11/h7-9,11H,3-6H2,1-2H3,(H,16,17,18). The summed E-state index contributed by atoms with van der Waals surface area (Å²) >= 11 is 0. The minimum absolute atomic E-state index is 0.591. The molecule has 0 radical (unpaired) electrons. The van der Waals surface area contributed by atoms with Crippen LogP contribution in [0.25, 0.3) is 11.5 Å². The van der Waals surface area contributed by atoms with Gasteiger partial charge in [-0.05, 0) is 26.2 Å². The first kappa shape index (κ1) is 12.1. The van der Waals surface area contributed by atoms with Crippen LogP contribution in [0.15, 0.2) is 18.6 Å². The van der Waals surface area contributed by atoms with E-state index in [1.807, 2.05) is 25.5 Å². The van der Waals surface area contributed by atoms with Gasteiger partial charge in [-0.2, -0.15) is 0 Å². The normalized spacial score (nSPS) is 14.6. The number of hydrogen-bond donors (Lipinski definition) is 1. The Morgan fingerprint density at radius 2 is 2.21 bits per heavy atom. The lowest BCUT2D eigenvalue weighted by Gasteiger charge is -2.09. The van der Waals surface area contributed by atoms with E-state index in [1.54, 1.807) is 0 Å². The number of nitrogens with one attached hydrogen (secondary N) is 1. The molecule has 0 aliphatic heterocycles. The molecule has 2 aromatic heterocycles. The molecule has 5 heteroatoms. The fourth-order valence-corrected chi connectivity index (χ4v) is 2.15. The molecule has 0 amide bonds. The van der Waals surface area contributed by atoms with Crippen molar-refractivity contribution in [3.8, 4) is 11.5 Å². The van der Waals surface area contributed by atoms with Crippen molar-refractivity contribution in [3.63, 3.8) is 0 Å². The molecule has 1 aliphatic rings. The molecule has 2 aromatic rings. The predicted octanol–water partition coefficient (Wildman–Crippen LogP) is 2.81. The second-order valence-corrected chi connectivity index (χ2v) is 5.06. The van der Waals surface area contributed by atoms with Gasteiger partial charge in [0.15, 0.2) is 5.82 Å². The van der Waals surface area contributed by atoms with Gasteiger partial charge in [0.25, 0.3) is 0 Å². The third kappa shape index (κ3) is 2.59. The molecule has 5 nitrogen and oxygen atoms in total. The zero-order chi connectivity index (χ0) is 13.2. The van der Waals surface area contributed by atoms with E-state index in [0.717, 1.165) is 36.0 Å². The minimum Gasteiger partial charge on any atom is -0.370 e. The number of aromatic nitrogens is 4. The van der Waals surface area contributed by atoms with E-state index in [2.05, 4.69) is 31.8 Å². The lowest BCUT2D eigenvalue weighted by Crippen LogP contribution is -2.06. The molecule has 0 bridgehead atoms. The van der Waals surface area contributed by atoms with Gasteiger partial charge in [0.05, 0.1) is 12.5 Å². The van der Waals surface area contributed by atoms with Crippen molar-refractivity contribution < 1.29 is 0 Å². The minimum atomic E-state index is 0.591. The lowest BCUT2D eigenvalue weighted by atomic mass is 10.3. The molecule has 1 N–H and O–H groups in total. The Hall–Kier alpha value is -1.91. The number of hydrogen-bond acceptors (Lipinski definition) is 4. The van der Waals surface area contributed by atoms with E-state index in [4.69, 9.17) is 0 Å². The first-order chi connectivity index (χ1) is 9.28. The highest BCUT2D eigenvalue weighted by atomic mass is 15.1. The van der Waals surface area contributed by atoms with Crippen LogP contribution in [-0.4, -0.2) is 26.1 Å². The molecule has 0 saturated heterocycles. The Balaban J connectivity index is 1.94. The smallest absolute Gasteiger partial charge is 0.180 e. The zero-order valence-corrected chi connectivity index (χ0v) is 11.4. The molecule has 1 saturated carbocycles. The fraction of sp³-hybridized carbons (Fsp3) is 0.500. The Morgan fingerprint density at radius 1 is 1.37 bits per heavy atom. The van der Waals surface area contributed by atoms with E-state index >= 15 is 0 Å². The van der Waals surface area contributed by atoms with Crippen molar-refractivity contribution in [2.75, 3.05) is 11.9 Å². The summed E-state index contributed by atoms with van der Waals surface area (Å²) in [4.78, 5) is 13.4. The first-order valence-electron chi connectivity index (χ1n) is 6.89. The van der Waals surface area contributed by atoms with Crippen molar-refractivity contribution >= 4 is 5.82 Å². The molecule has 100 valence electrons. The molecule has 1 aliphatic carbocycles. The van der Waals surface area contributed by atoms with E-state index in [0.29, 0.717) is 6.04 Å². The molecule has 0 unspecified atom stereocenters. The van der Waals surface area contributed by atoms with E-state index in [9.17, 15) is 0 Å². The Morgan fingerprint density at radius 3 is 2.95 bits per heavy atom. The summed E-state index contributed by atoms with van der Waals surface area (Å²) in [5, 5.41) is 3.32. The van der Waals surface area contributed by atoms with Crippen LogP contribution in [0.4, 0.5) is 5.82 Å². The lowest BCUT2D eigenvalue weighted by molar-refractivity contribution is 0.742. The van der Waals surface area contributed by atoms with Gasteiger partial charge >= 0.3 is 0 Å². The second-order valence-electron chi connectivity index (χ2n) is 5.06. The third-order valence-corrected chi connectivity index (χ3v) is 3.25. The highest BCUT2D eigenvalue weighted by Gasteiger charge is 2.26. The molecule has 1 fully saturated rings. The number of nitrogens with zero attached hydrogens (tertiary/aromatic N) is 4. The average Bonchev–Trinajstić information content (AvgIpc) is 3.13. The summed E-state index contributed by atoms with van der Waals surface area (Å²) < 4.78 is 2.19. The average molecular weight is 257 g/mol. The van der Waals surface area contributed by atoms with Crippen LogP contribution in [0.5, 0.6) is 0 Å². The van der Waals surface area contributed by atoms with E-state index in [1.165, 1.54) is 12.8 Å². The van der Waals surface area contributed by atoms with Crippen molar-refractivity contribution in [3.05, 3.63) is 24.3 Å². The highest BCUT2D eigenvalue weighted by Crippen LogP contribution is 2.37. The largest absolute Gasteiger partial charge is 0.370 e. The number of anilines is 1. The van der Waals surface area contributed by atoms with Crippen LogP contribution in [-0.2, 0) is 0 Å². The molecular formula is C14H19N5. The number of imidazole rings is 1. The van der Waals surface area contributed by atoms with Crippen LogP contribution < -0.4 is 5.32 Å². The summed E-state index contributed by atoms with van der Waals surface area (Å²) in [7, 11) is 0. The maximum absolute atomic E-state index is 4.60. The van der Waals surface area contributed by atoms with Crippen LogP contribution in [0.2, 0.25) is 0 Å². The summed E-state index contributed by atoms with van der Waals surface area (Å²) in [5.74, 6) is 1.66. The summed E-state index contributed by atoms with van der Waals surface area (Å²) in [6.07, 6.45) is 7.29.